The van der Waals surface area contributed by atoms with E-state index in [9.17, 15) is 9.90 Å². The smallest absolute Gasteiger partial charge is 0.410 e. The molecular weight excluding hydrogens is 266 g/mol. The van der Waals surface area contributed by atoms with Crippen LogP contribution in [0.25, 0.3) is 0 Å². The lowest BCUT2D eigenvalue weighted by molar-refractivity contribution is -0.0207. The summed E-state index contributed by atoms with van der Waals surface area (Å²) >= 11 is 0. The van der Waals surface area contributed by atoms with E-state index in [0.29, 0.717) is 13.2 Å². The number of nitrogens with zero attached hydrogens (tertiary/aromatic N) is 1. The maximum atomic E-state index is 12.5. The summed E-state index contributed by atoms with van der Waals surface area (Å²) in [7, 11) is 0. The van der Waals surface area contributed by atoms with Crippen LogP contribution in [-0.4, -0.2) is 34.3 Å². The average Bonchev–Trinajstić information content (AvgIpc) is 2.98. The van der Waals surface area contributed by atoms with Crippen molar-refractivity contribution in [1.29, 1.82) is 0 Å². The molecule has 1 unspecified atom stereocenters. The number of β-amino-alcohol motifs (C(OH)–C–C–N with tert-alkyl or cyclic N) is 1. The van der Waals surface area contributed by atoms with Gasteiger partial charge < -0.3 is 9.84 Å². The molecule has 4 nitrogen and oxygen atoms in total. The Morgan fingerprint density at radius 2 is 1.95 bits per heavy atom. The van der Waals surface area contributed by atoms with Gasteiger partial charge in [0.25, 0.3) is 0 Å². The highest BCUT2D eigenvalue weighted by atomic mass is 16.6. The topological polar surface area (TPSA) is 49.8 Å². The van der Waals surface area contributed by atoms with E-state index < -0.39 is 6.10 Å². The van der Waals surface area contributed by atoms with Crippen molar-refractivity contribution in [2.24, 2.45) is 0 Å². The van der Waals surface area contributed by atoms with E-state index in [1.54, 1.807) is 4.90 Å². The van der Waals surface area contributed by atoms with E-state index >= 15 is 0 Å². The van der Waals surface area contributed by atoms with Crippen molar-refractivity contribution in [2.75, 3.05) is 6.54 Å². The molecule has 1 N–H and O–H groups in total. The fraction of sp³-hybridized carbons (Fsp3) is 0.588. The lowest BCUT2D eigenvalue weighted by Gasteiger charge is -2.45. The quantitative estimate of drug-likeness (QED) is 0.910. The number of likely N-dealkylation sites (tertiary alicyclic amines) is 1. The number of aliphatic hydroxyl groups is 1. The molecule has 1 aliphatic heterocycles. The van der Waals surface area contributed by atoms with Crippen molar-refractivity contribution in [3.05, 3.63) is 35.9 Å². The van der Waals surface area contributed by atoms with Crippen molar-refractivity contribution >= 4 is 6.09 Å². The molecule has 3 rings (SSSR count). The van der Waals surface area contributed by atoms with Crippen molar-refractivity contribution in [1.82, 2.24) is 4.90 Å². The van der Waals surface area contributed by atoms with Gasteiger partial charge in [-0.25, -0.2) is 4.79 Å². The number of hydrogen-bond donors (Lipinski definition) is 1. The molecule has 114 valence electrons. The molecule has 0 bridgehead atoms. The third kappa shape index (κ3) is 3.05. The maximum Gasteiger partial charge on any atom is 0.410 e. The first-order valence-electron chi connectivity index (χ1n) is 7.86. The molecule has 4 heteroatoms. The molecule has 2 aliphatic rings. The second-order valence-electron chi connectivity index (χ2n) is 6.27. The average molecular weight is 289 g/mol. The van der Waals surface area contributed by atoms with Gasteiger partial charge in [-0.1, -0.05) is 43.2 Å². The van der Waals surface area contributed by atoms with Crippen LogP contribution in [0, 0.1) is 0 Å². The summed E-state index contributed by atoms with van der Waals surface area (Å²) in [5, 5.41) is 9.91. The van der Waals surface area contributed by atoms with Gasteiger partial charge in [0.2, 0.25) is 0 Å². The van der Waals surface area contributed by atoms with E-state index in [1.165, 1.54) is 12.8 Å². The van der Waals surface area contributed by atoms with E-state index in [0.717, 1.165) is 31.2 Å². The molecular formula is C17H23NO3. The lowest BCUT2D eigenvalue weighted by atomic mass is 9.84. The van der Waals surface area contributed by atoms with Crippen LogP contribution in [0.2, 0.25) is 0 Å². The van der Waals surface area contributed by atoms with Crippen LogP contribution in [0.3, 0.4) is 0 Å². The Hall–Kier alpha value is -1.55. The second kappa shape index (κ2) is 6.06. The molecule has 1 saturated heterocycles. The number of aliphatic hydroxyl groups excluding tert-OH is 1. The van der Waals surface area contributed by atoms with Crippen LogP contribution in [0.15, 0.2) is 30.3 Å². The predicted octanol–water partition coefficient (Wildman–Crippen LogP) is 3.09. The molecule has 1 aliphatic carbocycles. The molecule has 0 aromatic heterocycles. The van der Waals surface area contributed by atoms with Gasteiger partial charge in [0.05, 0.1) is 12.6 Å². The van der Waals surface area contributed by atoms with Gasteiger partial charge >= 0.3 is 6.09 Å². The maximum absolute atomic E-state index is 12.5. The van der Waals surface area contributed by atoms with Crippen molar-refractivity contribution in [3.63, 3.8) is 0 Å². The number of rotatable bonds is 2. The molecule has 1 saturated carbocycles. The highest BCUT2D eigenvalue weighted by Gasteiger charge is 2.46. The summed E-state index contributed by atoms with van der Waals surface area (Å²) in [4.78, 5) is 14.3. The summed E-state index contributed by atoms with van der Waals surface area (Å²) in [6, 6.07) is 9.71. The van der Waals surface area contributed by atoms with Crippen LogP contribution in [0.1, 0.15) is 44.1 Å². The summed E-state index contributed by atoms with van der Waals surface area (Å²) in [5.74, 6) is 0. The molecule has 1 amide bonds. The minimum Gasteiger partial charge on any atom is -0.445 e. The van der Waals surface area contributed by atoms with Crippen LogP contribution >= 0.6 is 0 Å². The number of amides is 1. The SMILES string of the molecule is O=C(OCc1ccccc1)N1CC(O)CCC12CCCC2. The summed E-state index contributed by atoms with van der Waals surface area (Å²) in [6.07, 6.45) is 5.41. The number of benzene rings is 1. The van der Waals surface area contributed by atoms with Crippen LogP contribution in [-0.2, 0) is 11.3 Å². The number of carbonyl (C=O) groups excluding carboxylic acids is 1. The number of carbonyl (C=O) groups is 1. The Morgan fingerprint density at radius 3 is 2.67 bits per heavy atom. The zero-order chi connectivity index (χ0) is 14.7. The summed E-state index contributed by atoms with van der Waals surface area (Å²) in [5.41, 5.74) is 0.927. The van der Waals surface area contributed by atoms with E-state index in [-0.39, 0.29) is 11.6 Å². The van der Waals surface area contributed by atoms with Crippen LogP contribution in [0.4, 0.5) is 4.79 Å². The van der Waals surface area contributed by atoms with Crippen molar-refractivity contribution < 1.29 is 14.6 Å². The molecule has 0 radical (unpaired) electrons. The fourth-order valence-corrected chi connectivity index (χ4v) is 3.68. The van der Waals surface area contributed by atoms with Gasteiger partial charge in [0, 0.05) is 5.54 Å². The van der Waals surface area contributed by atoms with E-state index in [4.69, 9.17) is 4.74 Å². The van der Waals surface area contributed by atoms with Gasteiger partial charge in [-0.3, -0.25) is 4.90 Å². The minimum atomic E-state index is -0.416. The highest BCUT2D eigenvalue weighted by molar-refractivity contribution is 5.69. The second-order valence-corrected chi connectivity index (χ2v) is 6.27. The molecule has 2 fully saturated rings. The number of ether oxygens (including phenoxy) is 1. The van der Waals surface area contributed by atoms with Crippen LogP contribution in [0.5, 0.6) is 0 Å². The van der Waals surface area contributed by atoms with Gasteiger partial charge in [-0.05, 0) is 31.2 Å². The monoisotopic (exact) mass is 289 g/mol. The molecule has 1 aromatic rings. The molecule has 21 heavy (non-hydrogen) atoms. The van der Waals surface area contributed by atoms with E-state index in [2.05, 4.69) is 0 Å². The van der Waals surface area contributed by atoms with Crippen molar-refractivity contribution in [3.8, 4) is 0 Å². The Labute approximate surface area is 125 Å². The van der Waals surface area contributed by atoms with Crippen molar-refractivity contribution in [2.45, 2.75) is 56.8 Å². The third-order valence-corrected chi connectivity index (χ3v) is 4.87. The number of piperidine rings is 1. The van der Waals surface area contributed by atoms with Crippen LogP contribution < -0.4 is 0 Å². The molecule has 1 heterocycles. The first kappa shape index (κ1) is 14.4. The third-order valence-electron chi connectivity index (χ3n) is 4.87. The molecule has 1 aromatic carbocycles. The molecule has 1 spiro atoms. The minimum absolute atomic E-state index is 0.0625. The number of hydrogen-bond acceptors (Lipinski definition) is 3. The summed E-state index contributed by atoms with van der Waals surface area (Å²) < 4.78 is 5.48. The first-order valence-corrected chi connectivity index (χ1v) is 7.86. The van der Waals surface area contributed by atoms with Gasteiger partial charge in [-0.2, -0.15) is 0 Å². The lowest BCUT2D eigenvalue weighted by Crippen LogP contribution is -2.56. The summed E-state index contributed by atoms with van der Waals surface area (Å²) in [6.45, 7) is 0.704. The Balaban J connectivity index is 1.66. The van der Waals surface area contributed by atoms with Gasteiger partial charge in [0.15, 0.2) is 0 Å². The Morgan fingerprint density at radius 1 is 1.24 bits per heavy atom. The van der Waals surface area contributed by atoms with Gasteiger partial charge in [-0.15, -0.1) is 0 Å². The largest absolute Gasteiger partial charge is 0.445 e. The zero-order valence-electron chi connectivity index (χ0n) is 12.3. The Bertz CT molecular complexity index is 482. The molecule has 1 atom stereocenters. The predicted molar refractivity (Wildman–Crippen MR) is 79.8 cm³/mol. The van der Waals surface area contributed by atoms with Gasteiger partial charge in [0.1, 0.15) is 6.61 Å². The highest BCUT2D eigenvalue weighted by Crippen LogP contribution is 2.42. The first-order chi connectivity index (χ1) is 10.2. The van der Waals surface area contributed by atoms with E-state index in [1.807, 2.05) is 30.3 Å². The standard InChI is InChI=1S/C17H23NO3/c19-15-8-11-17(9-4-5-10-17)18(12-15)16(20)21-13-14-6-2-1-3-7-14/h1-3,6-7,15,19H,4-5,8-13H2. The zero-order valence-corrected chi connectivity index (χ0v) is 12.3. The Kier molecular flexibility index (Phi) is 4.15. The normalized spacial score (nSPS) is 24.2. The fourth-order valence-electron chi connectivity index (χ4n) is 3.68.